The second-order valence-corrected chi connectivity index (χ2v) is 6.05. The van der Waals surface area contributed by atoms with Gasteiger partial charge in [-0.15, -0.1) is 0 Å². The quantitative estimate of drug-likeness (QED) is 0.574. The van der Waals surface area contributed by atoms with Crippen LogP contribution >= 0.6 is 11.6 Å². The van der Waals surface area contributed by atoms with Gasteiger partial charge in [0.2, 0.25) is 5.78 Å². The van der Waals surface area contributed by atoms with Gasteiger partial charge in [0.1, 0.15) is 0 Å². The predicted octanol–water partition coefficient (Wildman–Crippen LogP) is 4.08. The second-order valence-electron chi connectivity index (χ2n) is 5.62. The molecule has 1 aromatic heterocycles. The van der Waals surface area contributed by atoms with Crippen LogP contribution in [0.3, 0.4) is 0 Å². The summed E-state index contributed by atoms with van der Waals surface area (Å²) < 4.78 is 4.78. The molecular weight excluding hydrogens is 326 g/mol. The molecule has 24 heavy (non-hydrogen) atoms. The molecule has 0 saturated carbocycles. The van der Waals surface area contributed by atoms with Crippen LogP contribution in [0.1, 0.15) is 27.2 Å². The lowest BCUT2D eigenvalue weighted by Gasteiger charge is -2.04. The van der Waals surface area contributed by atoms with Crippen molar-refractivity contribution in [1.82, 2.24) is 4.98 Å². The van der Waals surface area contributed by atoms with E-state index in [1.54, 1.807) is 24.3 Å². The van der Waals surface area contributed by atoms with Crippen LogP contribution in [0.25, 0.3) is 10.9 Å². The van der Waals surface area contributed by atoms with E-state index in [1.807, 2.05) is 25.1 Å². The molecular formula is C19H16ClNO3. The van der Waals surface area contributed by atoms with E-state index in [2.05, 4.69) is 4.98 Å². The fourth-order valence-corrected chi connectivity index (χ4v) is 2.83. The molecule has 0 fully saturated rings. The van der Waals surface area contributed by atoms with Gasteiger partial charge < -0.3 is 9.72 Å². The number of benzene rings is 2. The van der Waals surface area contributed by atoms with Crippen molar-refractivity contribution < 1.29 is 14.3 Å². The molecule has 4 nitrogen and oxygen atoms in total. The zero-order valence-corrected chi connectivity index (χ0v) is 14.1. The van der Waals surface area contributed by atoms with Crippen molar-refractivity contribution in [2.45, 2.75) is 13.3 Å². The molecule has 0 aliphatic rings. The van der Waals surface area contributed by atoms with Gasteiger partial charge in [0, 0.05) is 27.1 Å². The number of methoxy groups -OCH3 is 1. The Balaban J connectivity index is 2.15. The van der Waals surface area contributed by atoms with E-state index in [9.17, 15) is 9.59 Å². The van der Waals surface area contributed by atoms with Gasteiger partial charge in [-0.05, 0) is 43.3 Å². The van der Waals surface area contributed by atoms with Gasteiger partial charge in [0.15, 0.2) is 0 Å². The Morgan fingerprint density at radius 3 is 2.50 bits per heavy atom. The van der Waals surface area contributed by atoms with Crippen LogP contribution in [0.5, 0.6) is 0 Å². The number of ether oxygens (including phenoxy) is 1. The van der Waals surface area contributed by atoms with Crippen LogP contribution in [0.4, 0.5) is 0 Å². The number of hydrogen-bond acceptors (Lipinski definition) is 3. The Bertz CT molecular complexity index is 926. The number of aromatic amines is 1. The van der Waals surface area contributed by atoms with Gasteiger partial charge >= 0.3 is 5.97 Å². The number of halogens is 1. The lowest BCUT2D eigenvalue weighted by molar-refractivity contribution is -0.139. The zero-order chi connectivity index (χ0) is 17.3. The van der Waals surface area contributed by atoms with Crippen molar-refractivity contribution in [3.8, 4) is 0 Å². The maximum absolute atomic E-state index is 12.9. The zero-order valence-electron chi connectivity index (χ0n) is 13.4. The van der Waals surface area contributed by atoms with E-state index in [0.29, 0.717) is 21.8 Å². The van der Waals surface area contributed by atoms with Crippen molar-refractivity contribution in [3.63, 3.8) is 0 Å². The fraction of sp³-hybridized carbons (Fsp3) is 0.158. The minimum atomic E-state index is -0.387. The molecule has 0 unspecified atom stereocenters. The standard InChI is InChI=1S/C19H16ClNO3/c1-11-3-8-16-14(9-11)15(10-17(22)24-2)18(21-16)19(23)12-4-6-13(20)7-5-12/h3-9,21H,10H2,1-2H3. The number of esters is 1. The highest BCUT2D eigenvalue weighted by Gasteiger charge is 2.21. The van der Waals surface area contributed by atoms with Gasteiger partial charge in [-0.2, -0.15) is 0 Å². The first-order valence-electron chi connectivity index (χ1n) is 7.48. The first kappa shape index (κ1) is 16.3. The number of nitrogens with one attached hydrogen (secondary N) is 1. The summed E-state index contributed by atoms with van der Waals surface area (Å²) in [6.45, 7) is 1.97. The van der Waals surface area contributed by atoms with Crippen molar-refractivity contribution in [2.75, 3.05) is 7.11 Å². The molecule has 0 spiro atoms. The number of hydrogen-bond donors (Lipinski definition) is 1. The highest BCUT2D eigenvalue weighted by molar-refractivity contribution is 6.30. The van der Waals surface area contributed by atoms with Gasteiger partial charge in [-0.1, -0.05) is 23.2 Å². The average molecular weight is 342 g/mol. The van der Waals surface area contributed by atoms with Crippen LogP contribution in [-0.2, 0) is 16.0 Å². The van der Waals surface area contributed by atoms with E-state index in [-0.39, 0.29) is 18.2 Å². The molecule has 0 radical (unpaired) electrons. The van der Waals surface area contributed by atoms with E-state index in [0.717, 1.165) is 16.5 Å². The Morgan fingerprint density at radius 1 is 1.12 bits per heavy atom. The van der Waals surface area contributed by atoms with E-state index in [1.165, 1.54) is 7.11 Å². The van der Waals surface area contributed by atoms with Gasteiger partial charge in [0.25, 0.3) is 0 Å². The van der Waals surface area contributed by atoms with Crippen molar-refractivity contribution >= 4 is 34.3 Å². The molecule has 0 atom stereocenters. The lowest BCUT2D eigenvalue weighted by Crippen LogP contribution is -2.10. The number of carbonyl (C=O) groups is 2. The van der Waals surface area contributed by atoms with E-state index >= 15 is 0 Å². The number of H-pyrrole nitrogens is 1. The normalized spacial score (nSPS) is 10.8. The Kier molecular flexibility index (Phi) is 4.40. The van der Waals surface area contributed by atoms with Crippen molar-refractivity contribution in [1.29, 1.82) is 0 Å². The summed E-state index contributed by atoms with van der Waals surface area (Å²) >= 11 is 5.88. The van der Waals surface area contributed by atoms with Crippen molar-refractivity contribution in [2.24, 2.45) is 0 Å². The third kappa shape index (κ3) is 3.05. The van der Waals surface area contributed by atoms with Crippen molar-refractivity contribution in [3.05, 3.63) is 69.9 Å². The van der Waals surface area contributed by atoms with E-state index in [4.69, 9.17) is 16.3 Å². The molecule has 1 N–H and O–H groups in total. The van der Waals surface area contributed by atoms with Crippen LogP contribution in [0, 0.1) is 6.92 Å². The molecule has 2 aromatic carbocycles. The van der Waals surface area contributed by atoms with Gasteiger partial charge in [0.05, 0.1) is 19.2 Å². The molecule has 0 saturated heterocycles. The monoisotopic (exact) mass is 341 g/mol. The van der Waals surface area contributed by atoms with Gasteiger partial charge in [-0.3, -0.25) is 9.59 Å². The molecule has 0 amide bonds. The number of aryl methyl sites for hydroxylation is 1. The molecule has 0 bridgehead atoms. The summed E-state index contributed by atoms with van der Waals surface area (Å²) in [7, 11) is 1.34. The number of rotatable bonds is 4. The van der Waals surface area contributed by atoms with E-state index < -0.39 is 0 Å². The predicted molar refractivity (Wildman–Crippen MR) is 93.6 cm³/mol. The Labute approximate surface area is 144 Å². The van der Waals surface area contributed by atoms with Crippen LogP contribution in [0.2, 0.25) is 5.02 Å². The van der Waals surface area contributed by atoms with Gasteiger partial charge in [-0.25, -0.2) is 0 Å². The minimum Gasteiger partial charge on any atom is -0.469 e. The highest BCUT2D eigenvalue weighted by Crippen LogP contribution is 2.27. The topological polar surface area (TPSA) is 59.2 Å². The number of carbonyl (C=O) groups excluding carboxylic acids is 2. The molecule has 1 heterocycles. The maximum atomic E-state index is 12.9. The largest absolute Gasteiger partial charge is 0.469 e. The Morgan fingerprint density at radius 2 is 1.83 bits per heavy atom. The summed E-state index contributed by atoms with van der Waals surface area (Å²) in [6.07, 6.45) is 0.0363. The summed E-state index contributed by atoms with van der Waals surface area (Å²) in [5.41, 5.74) is 3.44. The first-order valence-corrected chi connectivity index (χ1v) is 7.85. The van der Waals surface area contributed by atoms with Crippen LogP contribution in [-0.4, -0.2) is 23.8 Å². The fourth-order valence-electron chi connectivity index (χ4n) is 2.70. The summed E-state index contributed by atoms with van der Waals surface area (Å²) in [6, 6.07) is 12.5. The lowest BCUT2D eigenvalue weighted by atomic mass is 10.0. The first-order chi connectivity index (χ1) is 11.5. The smallest absolute Gasteiger partial charge is 0.310 e. The summed E-state index contributed by atoms with van der Waals surface area (Å²) in [5, 5.41) is 1.42. The number of fused-ring (bicyclic) bond motifs is 1. The highest BCUT2D eigenvalue weighted by atomic mass is 35.5. The molecule has 3 rings (SSSR count). The van der Waals surface area contributed by atoms with Crippen LogP contribution < -0.4 is 0 Å². The minimum absolute atomic E-state index is 0.0363. The molecule has 5 heteroatoms. The third-order valence-electron chi connectivity index (χ3n) is 3.94. The van der Waals surface area contributed by atoms with Crippen LogP contribution in [0.15, 0.2) is 42.5 Å². The average Bonchev–Trinajstić information content (AvgIpc) is 2.92. The maximum Gasteiger partial charge on any atom is 0.310 e. The summed E-state index contributed by atoms with van der Waals surface area (Å²) in [4.78, 5) is 27.8. The molecule has 3 aromatic rings. The summed E-state index contributed by atoms with van der Waals surface area (Å²) in [5.74, 6) is -0.568. The number of aromatic nitrogens is 1. The second kappa shape index (κ2) is 6.49. The Hall–Kier alpha value is -2.59. The SMILES string of the molecule is COC(=O)Cc1c(C(=O)c2ccc(Cl)cc2)[nH]c2ccc(C)cc12. The molecule has 0 aliphatic carbocycles. The molecule has 0 aliphatic heterocycles. The third-order valence-corrected chi connectivity index (χ3v) is 4.20. The number of ketones is 1. The molecule has 122 valence electrons.